The molecule has 0 bridgehead atoms. The van der Waals surface area contributed by atoms with E-state index in [1.54, 1.807) is 6.20 Å². The molecule has 3 rings (SSSR count). The third-order valence-corrected chi connectivity index (χ3v) is 3.50. The van der Waals surface area contributed by atoms with Gasteiger partial charge in [0.25, 0.3) is 0 Å². The third kappa shape index (κ3) is 3.00. The summed E-state index contributed by atoms with van der Waals surface area (Å²) in [5.74, 6) is 1.02. The number of unbranched alkanes of at least 4 members (excludes halogenated alkanes) is 1. The van der Waals surface area contributed by atoms with Gasteiger partial charge in [-0.2, -0.15) is 10.1 Å². The number of fused-ring (bicyclic) bond motifs is 1. The summed E-state index contributed by atoms with van der Waals surface area (Å²) in [6, 6.07) is 10.2. The van der Waals surface area contributed by atoms with E-state index in [9.17, 15) is 0 Å². The Labute approximate surface area is 129 Å². The van der Waals surface area contributed by atoms with Gasteiger partial charge in [0.15, 0.2) is 5.82 Å². The Morgan fingerprint density at radius 1 is 1.18 bits per heavy atom. The van der Waals surface area contributed by atoms with Crippen LogP contribution >= 0.6 is 0 Å². The van der Waals surface area contributed by atoms with Crippen molar-refractivity contribution >= 4 is 22.8 Å². The summed E-state index contributed by atoms with van der Waals surface area (Å²) < 4.78 is 1.92. The molecule has 6 nitrogen and oxygen atoms in total. The average Bonchev–Trinajstić information content (AvgIpc) is 2.91. The van der Waals surface area contributed by atoms with Gasteiger partial charge in [-0.15, -0.1) is 0 Å². The zero-order valence-electron chi connectivity index (χ0n) is 12.7. The normalized spacial score (nSPS) is 11.0. The van der Waals surface area contributed by atoms with Crippen LogP contribution in [0.15, 0.2) is 36.5 Å². The molecule has 0 aliphatic carbocycles. The Morgan fingerprint density at radius 2 is 2.00 bits per heavy atom. The highest BCUT2D eigenvalue weighted by molar-refractivity contribution is 5.86. The first-order chi connectivity index (χ1) is 10.8. The van der Waals surface area contributed by atoms with Crippen LogP contribution in [0, 0.1) is 0 Å². The minimum absolute atomic E-state index is 0.269. The molecule has 0 spiro atoms. The number of hydrogen-bond donors (Lipinski definition) is 2. The minimum Gasteiger partial charge on any atom is -0.368 e. The van der Waals surface area contributed by atoms with Crippen LogP contribution in [0.25, 0.3) is 11.0 Å². The second-order valence-corrected chi connectivity index (χ2v) is 5.23. The van der Waals surface area contributed by atoms with E-state index in [0.717, 1.165) is 36.2 Å². The third-order valence-electron chi connectivity index (χ3n) is 3.50. The maximum absolute atomic E-state index is 5.79. The fraction of sp³-hybridized carbons (Fsp3) is 0.312. The number of benzene rings is 1. The second kappa shape index (κ2) is 6.43. The van der Waals surface area contributed by atoms with Crippen LogP contribution in [-0.4, -0.2) is 26.3 Å². The molecule has 114 valence electrons. The van der Waals surface area contributed by atoms with Gasteiger partial charge in [0.1, 0.15) is 11.0 Å². The molecule has 0 saturated carbocycles. The van der Waals surface area contributed by atoms with Gasteiger partial charge < -0.3 is 11.1 Å². The van der Waals surface area contributed by atoms with Crippen LogP contribution < -0.4 is 11.1 Å². The summed E-state index contributed by atoms with van der Waals surface area (Å²) in [6.45, 7) is 3.70. The summed E-state index contributed by atoms with van der Waals surface area (Å²) >= 11 is 0. The summed E-state index contributed by atoms with van der Waals surface area (Å²) in [7, 11) is 0. The Balaban J connectivity index is 1.96. The number of nitrogen functional groups attached to an aromatic ring is 1. The molecule has 0 fully saturated rings. The van der Waals surface area contributed by atoms with Gasteiger partial charge in [0.05, 0.1) is 12.7 Å². The molecule has 0 saturated heterocycles. The molecule has 3 N–H and O–H groups in total. The van der Waals surface area contributed by atoms with Crippen molar-refractivity contribution in [2.45, 2.75) is 26.3 Å². The number of nitrogens with two attached hydrogens (primary N) is 1. The average molecular weight is 296 g/mol. The number of anilines is 2. The Morgan fingerprint density at radius 3 is 2.77 bits per heavy atom. The molecule has 2 heterocycles. The van der Waals surface area contributed by atoms with E-state index in [2.05, 4.69) is 39.4 Å². The Kier molecular flexibility index (Phi) is 4.18. The van der Waals surface area contributed by atoms with Crippen molar-refractivity contribution in [3.8, 4) is 0 Å². The highest BCUT2D eigenvalue weighted by Gasteiger charge is 2.12. The number of hydrogen-bond acceptors (Lipinski definition) is 5. The maximum Gasteiger partial charge on any atom is 0.222 e. The van der Waals surface area contributed by atoms with Crippen molar-refractivity contribution in [1.29, 1.82) is 0 Å². The summed E-state index contributed by atoms with van der Waals surface area (Å²) in [5, 5.41) is 7.79. The van der Waals surface area contributed by atoms with Crippen molar-refractivity contribution in [3.63, 3.8) is 0 Å². The standard InChI is InChI=1S/C16H20N6/c1-2-3-9-18-15-14-13(20-16(17)21-15)10-19-22(14)11-12-7-5-4-6-8-12/h4-8,10H,2-3,9,11H2,1H3,(H3,17,18,20,21). The maximum atomic E-state index is 5.79. The van der Waals surface area contributed by atoms with Gasteiger partial charge >= 0.3 is 0 Å². The van der Waals surface area contributed by atoms with Crippen molar-refractivity contribution in [2.24, 2.45) is 0 Å². The molecule has 22 heavy (non-hydrogen) atoms. The van der Waals surface area contributed by atoms with E-state index < -0.39 is 0 Å². The first-order valence-electron chi connectivity index (χ1n) is 7.54. The van der Waals surface area contributed by atoms with Gasteiger partial charge in [0.2, 0.25) is 5.95 Å². The van der Waals surface area contributed by atoms with Crippen molar-refractivity contribution in [2.75, 3.05) is 17.6 Å². The Hall–Kier alpha value is -2.63. The van der Waals surface area contributed by atoms with Crippen molar-refractivity contribution < 1.29 is 0 Å². The van der Waals surface area contributed by atoms with E-state index >= 15 is 0 Å². The molecule has 0 amide bonds. The van der Waals surface area contributed by atoms with Crippen LogP contribution in [0.5, 0.6) is 0 Å². The monoisotopic (exact) mass is 296 g/mol. The molecule has 2 aromatic heterocycles. The van der Waals surface area contributed by atoms with Gasteiger partial charge in [-0.3, -0.25) is 4.68 Å². The first kappa shape index (κ1) is 14.3. The van der Waals surface area contributed by atoms with Gasteiger partial charge in [-0.05, 0) is 12.0 Å². The summed E-state index contributed by atoms with van der Waals surface area (Å²) in [4.78, 5) is 8.61. The van der Waals surface area contributed by atoms with E-state index in [1.807, 2.05) is 22.9 Å². The number of nitrogens with zero attached hydrogens (tertiary/aromatic N) is 4. The number of rotatable bonds is 6. The van der Waals surface area contributed by atoms with E-state index in [1.165, 1.54) is 5.56 Å². The zero-order valence-corrected chi connectivity index (χ0v) is 12.7. The van der Waals surface area contributed by atoms with Crippen molar-refractivity contribution in [1.82, 2.24) is 19.7 Å². The molecular formula is C16H20N6. The minimum atomic E-state index is 0.269. The molecule has 0 aliphatic heterocycles. The van der Waals surface area contributed by atoms with Gasteiger partial charge in [-0.1, -0.05) is 43.7 Å². The highest BCUT2D eigenvalue weighted by Crippen LogP contribution is 2.22. The highest BCUT2D eigenvalue weighted by atomic mass is 15.3. The molecule has 0 aliphatic rings. The lowest BCUT2D eigenvalue weighted by Crippen LogP contribution is -2.09. The number of aromatic nitrogens is 4. The van der Waals surface area contributed by atoms with E-state index in [4.69, 9.17) is 5.73 Å². The predicted molar refractivity (Wildman–Crippen MR) is 88.7 cm³/mol. The summed E-state index contributed by atoms with van der Waals surface area (Å²) in [6.07, 6.45) is 3.94. The molecular weight excluding hydrogens is 276 g/mol. The number of nitrogens with one attached hydrogen (secondary N) is 1. The SMILES string of the molecule is CCCCNc1nc(N)nc2cnn(Cc3ccccc3)c12. The van der Waals surface area contributed by atoms with Crippen LogP contribution in [-0.2, 0) is 6.54 Å². The first-order valence-corrected chi connectivity index (χ1v) is 7.54. The van der Waals surface area contributed by atoms with Gasteiger partial charge in [-0.25, -0.2) is 4.98 Å². The quantitative estimate of drug-likeness (QED) is 0.683. The molecule has 0 radical (unpaired) electrons. The van der Waals surface area contributed by atoms with Crippen LogP contribution in [0.4, 0.5) is 11.8 Å². The topological polar surface area (TPSA) is 81.7 Å². The Bertz CT molecular complexity index is 750. The van der Waals surface area contributed by atoms with Crippen LogP contribution in [0.3, 0.4) is 0 Å². The van der Waals surface area contributed by atoms with E-state index in [0.29, 0.717) is 6.54 Å². The molecule has 0 unspecified atom stereocenters. The molecule has 3 aromatic rings. The molecule has 0 atom stereocenters. The largest absolute Gasteiger partial charge is 0.368 e. The van der Waals surface area contributed by atoms with Crippen LogP contribution in [0.1, 0.15) is 25.3 Å². The lowest BCUT2D eigenvalue weighted by atomic mass is 10.2. The predicted octanol–water partition coefficient (Wildman–Crippen LogP) is 2.67. The van der Waals surface area contributed by atoms with Crippen LogP contribution in [0.2, 0.25) is 0 Å². The fourth-order valence-corrected chi connectivity index (χ4v) is 2.40. The second-order valence-electron chi connectivity index (χ2n) is 5.23. The van der Waals surface area contributed by atoms with Crippen molar-refractivity contribution in [3.05, 3.63) is 42.1 Å². The lowest BCUT2D eigenvalue weighted by molar-refractivity contribution is 0.711. The fourth-order valence-electron chi connectivity index (χ4n) is 2.40. The van der Waals surface area contributed by atoms with E-state index in [-0.39, 0.29) is 5.95 Å². The van der Waals surface area contributed by atoms with Gasteiger partial charge in [0, 0.05) is 6.54 Å². The summed E-state index contributed by atoms with van der Waals surface area (Å²) in [5.41, 5.74) is 8.64. The molecule has 6 heteroatoms. The zero-order chi connectivity index (χ0) is 15.4. The lowest BCUT2D eigenvalue weighted by Gasteiger charge is -2.10. The molecule has 1 aromatic carbocycles. The smallest absolute Gasteiger partial charge is 0.222 e.